The molecule has 0 aliphatic heterocycles. The zero-order chi connectivity index (χ0) is 21.4. The zero-order valence-electron chi connectivity index (χ0n) is 17.4. The van der Waals surface area contributed by atoms with E-state index in [1.807, 2.05) is 6.92 Å². The second-order valence-corrected chi connectivity index (χ2v) is 7.41. The monoisotopic (exact) mass is 394 g/mol. The van der Waals surface area contributed by atoms with Gasteiger partial charge in [0.15, 0.2) is 0 Å². The van der Waals surface area contributed by atoms with Gasteiger partial charge in [-0.2, -0.15) is 0 Å². The Balaban J connectivity index is 3.65. The van der Waals surface area contributed by atoms with E-state index in [9.17, 15) is 14.4 Å². The number of Topliss-reactive ketones (excluding diaryl/α,β-unsaturated/α-hetero) is 1. The van der Waals surface area contributed by atoms with Crippen LogP contribution in [0.5, 0.6) is 0 Å². The molecule has 1 unspecified atom stereocenters. The lowest BCUT2D eigenvalue weighted by molar-refractivity contribution is -0.392. The van der Waals surface area contributed by atoms with E-state index in [0.29, 0.717) is 12.0 Å². The van der Waals surface area contributed by atoms with Gasteiger partial charge in [0.1, 0.15) is 5.78 Å². The maximum atomic E-state index is 13.2. The largest absolute Gasteiger partial charge is 0.466 e. The molecular weight excluding hydrogens is 364 g/mol. The summed E-state index contributed by atoms with van der Waals surface area (Å²) in [5, 5.41) is 0. The van der Waals surface area contributed by atoms with Crippen LogP contribution in [0.3, 0.4) is 0 Å². The second-order valence-electron chi connectivity index (χ2n) is 7.41. The van der Waals surface area contributed by atoms with Crippen LogP contribution in [-0.2, 0) is 33.6 Å². The first-order chi connectivity index (χ1) is 13.1. The lowest BCUT2D eigenvalue weighted by Crippen LogP contribution is -2.58. The Kier molecular flexibility index (Phi) is 8.78. The molecule has 1 atom stereocenters. The number of ether oxygens (including phenoxy) is 2. The number of unbranched alkanes of at least 4 members (excludes halogenated alkanes) is 1. The Morgan fingerprint density at radius 2 is 1.46 bits per heavy atom. The molecule has 156 valence electrons. The summed E-state index contributed by atoms with van der Waals surface area (Å²) in [6.07, 6.45) is 1.53. The predicted octanol–water partition coefficient (Wildman–Crippen LogP) is 3.36. The van der Waals surface area contributed by atoms with Crippen LogP contribution in [0.1, 0.15) is 58.4 Å². The summed E-state index contributed by atoms with van der Waals surface area (Å²) in [6, 6.07) is 8.48. The average molecular weight is 394 g/mol. The predicted molar refractivity (Wildman–Crippen MR) is 102 cm³/mol. The van der Waals surface area contributed by atoms with E-state index in [2.05, 4.69) is 0 Å². The van der Waals surface area contributed by atoms with Crippen LogP contribution >= 0.6 is 0 Å². The molecule has 0 aliphatic carbocycles. The number of ketones is 1. The van der Waals surface area contributed by atoms with Crippen LogP contribution in [0, 0.1) is 0 Å². The van der Waals surface area contributed by atoms with Crippen LogP contribution in [0.15, 0.2) is 30.3 Å². The Hall–Kier alpha value is -2.25. The quantitative estimate of drug-likeness (QED) is 0.260. The number of carbonyl (C=O) groups excluding carboxylic acids is 3. The van der Waals surface area contributed by atoms with E-state index in [4.69, 9.17) is 19.2 Å². The first-order valence-corrected chi connectivity index (χ1v) is 9.25. The first kappa shape index (κ1) is 23.8. The Morgan fingerprint density at radius 1 is 0.929 bits per heavy atom. The van der Waals surface area contributed by atoms with Crippen LogP contribution in [0.25, 0.3) is 0 Å². The summed E-state index contributed by atoms with van der Waals surface area (Å²) in [5.41, 5.74) is -2.86. The fourth-order valence-electron chi connectivity index (χ4n) is 2.72. The van der Waals surface area contributed by atoms with Gasteiger partial charge in [-0.1, -0.05) is 43.7 Å². The molecule has 0 aromatic heterocycles. The summed E-state index contributed by atoms with van der Waals surface area (Å²) in [7, 11) is 2.22. The number of rotatable bonds is 10. The second kappa shape index (κ2) is 10.3. The van der Waals surface area contributed by atoms with E-state index in [1.165, 1.54) is 0 Å². The highest BCUT2D eigenvalue weighted by atomic mass is 17.2. The Morgan fingerprint density at radius 3 is 1.89 bits per heavy atom. The third-order valence-electron chi connectivity index (χ3n) is 4.04. The molecule has 1 aromatic carbocycles. The molecule has 7 heteroatoms. The van der Waals surface area contributed by atoms with Crippen LogP contribution in [-0.4, -0.2) is 43.1 Å². The maximum absolute atomic E-state index is 13.2. The van der Waals surface area contributed by atoms with Gasteiger partial charge in [-0.05, 0) is 32.8 Å². The minimum Gasteiger partial charge on any atom is -0.466 e. The molecule has 0 bridgehead atoms. The average Bonchev–Trinajstić information content (AvgIpc) is 2.68. The fourth-order valence-corrected chi connectivity index (χ4v) is 2.72. The van der Waals surface area contributed by atoms with Crippen molar-refractivity contribution in [2.24, 2.45) is 0 Å². The minimum absolute atomic E-state index is 0.157. The van der Waals surface area contributed by atoms with Crippen molar-refractivity contribution in [3.05, 3.63) is 35.9 Å². The van der Waals surface area contributed by atoms with E-state index in [1.54, 1.807) is 51.1 Å². The van der Waals surface area contributed by atoms with Crippen molar-refractivity contribution >= 4 is 17.7 Å². The summed E-state index contributed by atoms with van der Waals surface area (Å²) < 4.78 is 9.73. The Bertz CT molecular complexity index is 645. The van der Waals surface area contributed by atoms with Gasteiger partial charge in [-0.15, -0.1) is 0 Å². The number of hydrogen-bond donors (Lipinski definition) is 0. The van der Waals surface area contributed by atoms with Gasteiger partial charge in [0, 0.05) is 6.42 Å². The highest BCUT2D eigenvalue weighted by Crippen LogP contribution is 2.37. The highest BCUT2D eigenvalue weighted by Gasteiger charge is 2.61. The maximum Gasteiger partial charge on any atom is 0.354 e. The number of benzene rings is 1. The van der Waals surface area contributed by atoms with Crippen molar-refractivity contribution in [1.29, 1.82) is 0 Å². The molecule has 0 saturated heterocycles. The number of carbonyl (C=O) groups is 3. The molecule has 1 rings (SSSR count). The van der Waals surface area contributed by atoms with Gasteiger partial charge in [0.05, 0.1) is 25.7 Å². The molecule has 0 amide bonds. The highest BCUT2D eigenvalue weighted by molar-refractivity contribution is 6.10. The molecule has 7 nitrogen and oxygen atoms in total. The number of esters is 2. The van der Waals surface area contributed by atoms with Gasteiger partial charge < -0.3 is 9.47 Å². The molecule has 0 radical (unpaired) electrons. The molecule has 0 saturated carbocycles. The summed E-state index contributed by atoms with van der Waals surface area (Å²) >= 11 is 0. The summed E-state index contributed by atoms with van der Waals surface area (Å²) in [6.45, 7) is 6.99. The number of methoxy groups -OCH3 is 2. The normalized spacial score (nSPS) is 12.9. The molecule has 0 spiro atoms. The van der Waals surface area contributed by atoms with Gasteiger partial charge >= 0.3 is 17.5 Å². The molecule has 0 N–H and O–H groups in total. The molecule has 0 fully saturated rings. The smallest absolute Gasteiger partial charge is 0.354 e. The molecule has 0 heterocycles. The van der Waals surface area contributed by atoms with Crippen LogP contribution < -0.4 is 0 Å². The lowest BCUT2D eigenvalue weighted by atomic mass is 9.77. The molecular formula is C21H30O7. The van der Waals surface area contributed by atoms with Crippen LogP contribution in [0.2, 0.25) is 0 Å². The first-order valence-electron chi connectivity index (χ1n) is 9.25. The van der Waals surface area contributed by atoms with Gasteiger partial charge in [-0.3, -0.25) is 4.79 Å². The van der Waals surface area contributed by atoms with Crippen molar-refractivity contribution in [2.45, 2.75) is 64.1 Å². The topological polar surface area (TPSA) is 88.1 Å². The van der Waals surface area contributed by atoms with Gasteiger partial charge in [-0.25, -0.2) is 19.4 Å². The summed E-state index contributed by atoms with van der Waals surface area (Å²) in [4.78, 5) is 49.7. The van der Waals surface area contributed by atoms with Crippen molar-refractivity contribution in [1.82, 2.24) is 0 Å². The van der Waals surface area contributed by atoms with E-state index in [-0.39, 0.29) is 12.2 Å². The van der Waals surface area contributed by atoms with Crippen molar-refractivity contribution in [2.75, 3.05) is 14.2 Å². The molecule has 0 aliphatic rings. The molecule has 28 heavy (non-hydrogen) atoms. The van der Waals surface area contributed by atoms with Gasteiger partial charge in [0.25, 0.3) is 0 Å². The standard InChI is InChI=1S/C21H30O7/c1-7-8-14-16(22)17(15-12-10-9-11-13-15)21(18(23)25-5,19(24)26-6)28-27-20(2,3)4/h9-13,17H,7-8,14H2,1-6H3. The Labute approximate surface area is 166 Å². The summed E-state index contributed by atoms with van der Waals surface area (Å²) in [5.74, 6) is -3.77. The van der Waals surface area contributed by atoms with E-state index < -0.39 is 29.1 Å². The third kappa shape index (κ3) is 5.62. The minimum atomic E-state index is -2.43. The van der Waals surface area contributed by atoms with Crippen molar-refractivity contribution in [3.63, 3.8) is 0 Å². The molecule has 1 aromatic rings. The SMILES string of the molecule is CCCCC(=O)C(c1ccccc1)C(OOC(C)(C)C)(C(=O)OC)C(=O)OC. The lowest BCUT2D eigenvalue weighted by Gasteiger charge is -2.35. The van der Waals surface area contributed by atoms with Crippen molar-refractivity contribution in [3.8, 4) is 0 Å². The van der Waals surface area contributed by atoms with Crippen LogP contribution in [0.4, 0.5) is 0 Å². The number of hydrogen-bond acceptors (Lipinski definition) is 7. The van der Waals surface area contributed by atoms with E-state index in [0.717, 1.165) is 20.6 Å². The van der Waals surface area contributed by atoms with Gasteiger partial charge in [0.2, 0.25) is 0 Å². The fraction of sp³-hybridized carbons (Fsp3) is 0.571. The zero-order valence-corrected chi connectivity index (χ0v) is 17.4. The third-order valence-corrected chi connectivity index (χ3v) is 4.04. The van der Waals surface area contributed by atoms with Crippen molar-refractivity contribution < 1.29 is 33.6 Å². The van der Waals surface area contributed by atoms with E-state index >= 15 is 0 Å².